The Labute approximate surface area is 187 Å². The summed E-state index contributed by atoms with van der Waals surface area (Å²) < 4.78 is 18.3. The Morgan fingerprint density at radius 1 is 1.22 bits per heavy atom. The van der Waals surface area contributed by atoms with Crippen molar-refractivity contribution in [1.82, 2.24) is 14.9 Å². The predicted octanol–water partition coefficient (Wildman–Crippen LogP) is 4.63. The van der Waals surface area contributed by atoms with E-state index in [4.69, 9.17) is 9.72 Å². The SMILES string of the molecule is COc1ccc(CCC(=O)N2CC[C@H](c3cc(Nc4ccc(F)cn4)cc(C)n3)C2)cc1. The smallest absolute Gasteiger partial charge is 0.222 e. The van der Waals surface area contributed by atoms with Crippen LogP contribution in [0.2, 0.25) is 0 Å². The molecule has 3 heterocycles. The number of likely N-dealkylation sites (tertiary alicyclic amines) is 1. The Hall–Kier alpha value is -3.48. The fourth-order valence-corrected chi connectivity index (χ4v) is 4.00. The van der Waals surface area contributed by atoms with E-state index in [1.54, 1.807) is 13.2 Å². The van der Waals surface area contributed by atoms with Crippen molar-refractivity contribution in [3.8, 4) is 5.75 Å². The number of ether oxygens (including phenoxy) is 1. The third kappa shape index (κ3) is 5.41. The number of nitrogens with zero attached hydrogens (tertiary/aromatic N) is 3. The fourth-order valence-electron chi connectivity index (χ4n) is 4.00. The lowest BCUT2D eigenvalue weighted by Crippen LogP contribution is -2.28. The number of rotatable bonds is 7. The van der Waals surface area contributed by atoms with Crippen LogP contribution >= 0.6 is 0 Å². The van der Waals surface area contributed by atoms with Crippen LogP contribution < -0.4 is 10.1 Å². The van der Waals surface area contributed by atoms with Gasteiger partial charge in [0.15, 0.2) is 0 Å². The number of methoxy groups -OCH3 is 1. The van der Waals surface area contributed by atoms with Gasteiger partial charge in [-0.05, 0) is 61.7 Å². The van der Waals surface area contributed by atoms with Crippen molar-refractivity contribution in [3.63, 3.8) is 0 Å². The minimum absolute atomic E-state index is 0.171. The maximum atomic E-state index is 13.1. The quantitative estimate of drug-likeness (QED) is 0.588. The third-order valence-corrected chi connectivity index (χ3v) is 5.72. The Kier molecular flexibility index (Phi) is 6.63. The zero-order valence-corrected chi connectivity index (χ0v) is 18.3. The molecule has 1 aliphatic heterocycles. The molecule has 166 valence electrons. The van der Waals surface area contributed by atoms with E-state index in [0.717, 1.165) is 41.4 Å². The molecule has 6 nitrogen and oxygen atoms in total. The number of hydrogen-bond acceptors (Lipinski definition) is 5. The monoisotopic (exact) mass is 434 g/mol. The summed E-state index contributed by atoms with van der Waals surface area (Å²) >= 11 is 0. The molecule has 1 aromatic carbocycles. The molecule has 0 unspecified atom stereocenters. The van der Waals surface area contributed by atoms with Crippen LogP contribution in [0, 0.1) is 12.7 Å². The second-order valence-corrected chi connectivity index (χ2v) is 8.08. The van der Waals surface area contributed by atoms with Gasteiger partial charge in [0.2, 0.25) is 5.91 Å². The van der Waals surface area contributed by atoms with Crippen molar-refractivity contribution < 1.29 is 13.9 Å². The van der Waals surface area contributed by atoms with Gasteiger partial charge < -0.3 is 15.0 Å². The highest BCUT2D eigenvalue weighted by molar-refractivity contribution is 5.77. The van der Waals surface area contributed by atoms with Crippen molar-refractivity contribution >= 4 is 17.4 Å². The second-order valence-electron chi connectivity index (χ2n) is 8.08. The summed E-state index contributed by atoms with van der Waals surface area (Å²) in [5.74, 6) is 1.39. The lowest BCUT2D eigenvalue weighted by Gasteiger charge is -2.17. The molecule has 0 saturated carbocycles. The molecule has 2 aromatic heterocycles. The Morgan fingerprint density at radius 3 is 2.75 bits per heavy atom. The summed E-state index contributed by atoms with van der Waals surface area (Å²) in [4.78, 5) is 23.4. The minimum Gasteiger partial charge on any atom is -0.497 e. The molecule has 1 amide bonds. The molecule has 7 heteroatoms. The summed E-state index contributed by atoms with van der Waals surface area (Å²) in [6, 6.07) is 14.7. The van der Waals surface area contributed by atoms with Gasteiger partial charge in [0.05, 0.1) is 13.3 Å². The topological polar surface area (TPSA) is 67.3 Å². The number of pyridine rings is 2. The zero-order chi connectivity index (χ0) is 22.5. The van der Waals surface area contributed by atoms with Gasteiger partial charge in [-0.3, -0.25) is 9.78 Å². The molecule has 1 saturated heterocycles. The molecule has 0 spiro atoms. The van der Waals surface area contributed by atoms with Crippen LogP contribution in [-0.4, -0.2) is 41.0 Å². The van der Waals surface area contributed by atoms with Crippen molar-refractivity contribution in [2.75, 3.05) is 25.5 Å². The number of aryl methyl sites for hydroxylation is 2. The Morgan fingerprint density at radius 2 is 2.03 bits per heavy atom. The van der Waals surface area contributed by atoms with E-state index in [-0.39, 0.29) is 17.6 Å². The second kappa shape index (κ2) is 9.77. The normalized spacial score (nSPS) is 15.6. The standard InChI is InChI=1S/C25H27FN4O2/c1-17-13-21(29-24-9-6-20(26)15-27-24)14-23(28-17)19-11-12-30(16-19)25(31)10-5-18-3-7-22(32-2)8-4-18/h3-4,6-9,13-15,19H,5,10-12,16H2,1-2H3,(H,27,28,29)/t19-/m0/s1. The first-order chi connectivity index (χ1) is 15.5. The lowest BCUT2D eigenvalue weighted by atomic mass is 10.0. The van der Waals surface area contributed by atoms with Crippen LogP contribution in [-0.2, 0) is 11.2 Å². The number of carbonyl (C=O) groups excluding carboxylic acids is 1. The number of amides is 1. The third-order valence-electron chi connectivity index (χ3n) is 5.72. The van der Waals surface area contributed by atoms with E-state index in [1.807, 2.05) is 48.2 Å². The summed E-state index contributed by atoms with van der Waals surface area (Å²) in [6.45, 7) is 3.36. The molecule has 4 rings (SSSR count). The van der Waals surface area contributed by atoms with E-state index in [2.05, 4.69) is 10.3 Å². The van der Waals surface area contributed by atoms with Gasteiger partial charge in [0.25, 0.3) is 0 Å². The van der Waals surface area contributed by atoms with Gasteiger partial charge in [0, 0.05) is 42.5 Å². The van der Waals surface area contributed by atoms with Crippen LogP contribution in [0.5, 0.6) is 5.75 Å². The summed E-state index contributed by atoms with van der Waals surface area (Å²) in [5, 5.41) is 3.21. The molecule has 1 aliphatic rings. The van der Waals surface area contributed by atoms with Crippen LogP contribution in [0.1, 0.15) is 35.7 Å². The highest BCUT2D eigenvalue weighted by Crippen LogP contribution is 2.29. The number of carbonyl (C=O) groups is 1. The molecule has 0 bridgehead atoms. The summed E-state index contributed by atoms with van der Waals surface area (Å²) in [6.07, 6.45) is 3.28. The average Bonchev–Trinajstić information content (AvgIpc) is 3.30. The van der Waals surface area contributed by atoms with Crippen molar-refractivity contribution in [2.24, 2.45) is 0 Å². The van der Waals surface area contributed by atoms with Crippen molar-refractivity contribution in [1.29, 1.82) is 0 Å². The molecule has 3 aromatic rings. The van der Waals surface area contributed by atoms with Gasteiger partial charge in [-0.2, -0.15) is 0 Å². The molecule has 1 atom stereocenters. The molecule has 0 aliphatic carbocycles. The average molecular weight is 435 g/mol. The van der Waals surface area contributed by atoms with E-state index in [9.17, 15) is 9.18 Å². The maximum Gasteiger partial charge on any atom is 0.222 e. The van der Waals surface area contributed by atoms with Crippen LogP contribution in [0.4, 0.5) is 15.9 Å². The van der Waals surface area contributed by atoms with Gasteiger partial charge in [-0.25, -0.2) is 9.37 Å². The Balaban J connectivity index is 1.36. The highest BCUT2D eigenvalue weighted by Gasteiger charge is 2.28. The summed E-state index contributed by atoms with van der Waals surface area (Å²) in [7, 11) is 1.64. The predicted molar refractivity (Wildman–Crippen MR) is 122 cm³/mol. The van der Waals surface area contributed by atoms with Crippen LogP contribution in [0.15, 0.2) is 54.7 Å². The first kappa shape index (κ1) is 21.7. The lowest BCUT2D eigenvalue weighted by molar-refractivity contribution is -0.130. The van der Waals surface area contributed by atoms with E-state index >= 15 is 0 Å². The molecule has 32 heavy (non-hydrogen) atoms. The van der Waals surface area contributed by atoms with E-state index in [0.29, 0.717) is 25.2 Å². The molecule has 1 fully saturated rings. The van der Waals surface area contributed by atoms with Gasteiger partial charge in [-0.1, -0.05) is 12.1 Å². The van der Waals surface area contributed by atoms with Gasteiger partial charge in [0.1, 0.15) is 17.4 Å². The van der Waals surface area contributed by atoms with Crippen LogP contribution in [0.25, 0.3) is 0 Å². The number of anilines is 2. The number of benzene rings is 1. The van der Waals surface area contributed by atoms with Crippen molar-refractivity contribution in [3.05, 3.63) is 77.5 Å². The molecular formula is C25H27FN4O2. The first-order valence-electron chi connectivity index (χ1n) is 10.8. The molecular weight excluding hydrogens is 407 g/mol. The Bertz CT molecular complexity index is 1070. The zero-order valence-electron chi connectivity index (χ0n) is 18.3. The highest BCUT2D eigenvalue weighted by atomic mass is 19.1. The van der Waals surface area contributed by atoms with Gasteiger partial charge in [-0.15, -0.1) is 0 Å². The number of nitrogens with one attached hydrogen (secondary N) is 1. The largest absolute Gasteiger partial charge is 0.497 e. The summed E-state index contributed by atoms with van der Waals surface area (Å²) in [5.41, 5.74) is 3.83. The number of halogens is 1. The van der Waals surface area contributed by atoms with Crippen LogP contribution in [0.3, 0.4) is 0 Å². The number of aromatic nitrogens is 2. The number of hydrogen-bond donors (Lipinski definition) is 1. The maximum absolute atomic E-state index is 13.1. The first-order valence-corrected chi connectivity index (χ1v) is 10.8. The van der Waals surface area contributed by atoms with E-state index < -0.39 is 0 Å². The fraction of sp³-hybridized carbons (Fsp3) is 0.320. The van der Waals surface area contributed by atoms with Gasteiger partial charge >= 0.3 is 0 Å². The minimum atomic E-state index is -0.371. The molecule has 1 N–H and O–H groups in total. The van der Waals surface area contributed by atoms with E-state index in [1.165, 1.54) is 12.3 Å². The van der Waals surface area contributed by atoms with Crippen molar-refractivity contribution in [2.45, 2.75) is 32.1 Å². The molecule has 0 radical (unpaired) electrons.